The van der Waals surface area contributed by atoms with Gasteiger partial charge >= 0.3 is 0 Å². The molecule has 3 aromatic rings. The molecule has 1 aliphatic rings. The summed E-state index contributed by atoms with van der Waals surface area (Å²) in [6.07, 6.45) is 3.19. The molecule has 0 spiro atoms. The summed E-state index contributed by atoms with van der Waals surface area (Å²) in [4.78, 5) is 32.4. The van der Waals surface area contributed by atoms with E-state index in [1.807, 2.05) is 12.1 Å². The van der Waals surface area contributed by atoms with E-state index in [1.165, 1.54) is 13.3 Å². The van der Waals surface area contributed by atoms with Gasteiger partial charge in [0.25, 0.3) is 11.8 Å². The van der Waals surface area contributed by atoms with Crippen LogP contribution in [-0.4, -0.2) is 44.3 Å². The molecule has 1 aliphatic heterocycles. The van der Waals surface area contributed by atoms with Crippen LogP contribution < -0.4 is 19.5 Å². The molecule has 0 unspecified atom stereocenters. The van der Waals surface area contributed by atoms with Gasteiger partial charge in [0.05, 0.1) is 26.9 Å². The summed E-state index contributed by atoms with van der Waals surface area (Å²) in [5, 5.41) is 3.08. The van der Waals surface area contributed by atoms with Gasteiger partial charge in [-0.2, -0.15) is 0 Å². The number of benzene rings is 2. The highest BCUT2D eigenvalue weighted by atomic mass is 16.5. The van der Waals surface area contributed by atoms with Crippen LogP contribution in [0.15, 0.2) is 53.3 Å². The Hall–Kier alpha value is -4.07. The van der Waals surface area contributed by atoms with E-state index in [0.717, 1.165) is 10.9 Å². The molecule has 8 heteroatoms. The molecule has 0 bridgehead atoms. The van der Waals surface area contributed by atoms with Gasteiger partial charge in [-0.05, 0) is 42.0 Å². The Kier molecular flexibility index (Phi) is 4.97. The Morgan fingerprint density at radius 3 is 2.43 bits per heavy atom. The summed E-state index contributed by atoms with van der Waals surface area (Å²) in [6, 6.07) is 10.7. The number of aromatic nitrogens is 1. The van der Waals surface area contributed by atoms with Crippen molar-refractivity contribution in [3.05, 3.63) is 59.4 Å². The maximum Gasteiger partial charge on any atom is 0.277 e. The van der Waals surface area contributed by atoms with E-state index in [-0.39, 0.29) is 11.3 Å². The zero-order valence-electron chi connectivity index (χ0n) is 16.6. The molecule has 2 heterocycles. The second-order valence-corrected chi connectivity index (χ2v) is 6.49. The van der Waals surface area contributed by atoms with E-state index in [0.29, 0.717) is 28.4 Å². The van der Waals surface area contributed by atoms with Crippen LogP contribution in [0.4, 0.5) is 0 Å². The largest absolute Gasteiger partial charge is 0.497 e. The number of aliphatic imine (C=N–C) groups is 1. The summed E-state index contributed by atoms with van der Waals surface area (Å²) in [7, 11) is 4.65. The van der Waals surface area contributed by atoms with Gasteiger partial charge in [-0.3, -0.25) is 14.9 Å². The van der Waals surface area contributed by atoms with E-state index < -0.39 is 11.8 Å². The van der Waals surface area contributed by atoms with Crippen molar-refractivity contribution in [2.75, 3.05) is 21.3 Å². The molecule has 0 radical (unpaired) electrons. The normalized spacial score (nSPS) is 14.0. The topological polar surface area (TPSA) is 102 Å². The molecule has 0 saturated heterocycles. The van der Waals surface area contributed by atoms with Gasteiger partial charge in [0.15, 0.2) is 11.5 Å². The van der Waals surface area contributed by atoms with Crippen LogP contribution in [-0.2, 0) is 9.59 Å². The Morgan fingerprint density at radius 2 is 1.70 bits per heavy atom. The number of fused-ring (bicyclic) bond motifs is 1. The lowest BCUT2D eigenvalue weighted by molar-refractivity contribution is -0.123. The zero-order valence-corrected chi connectivity index (χ0v) is 16.6. The number of nitrogens with one attached hydrogen (secondary N) is 2. The number of methoxy groups -OCH3 is 3. The Bertz CT molecular complexity index is 1220. The summed E-state index contributed by atoms with van der Waals surface area (Å²) >= 11 is 0. The number of H-pyrrole nitrogens is 1. The van der Waals surface area contributed by atoms with Crippen molar-refractivity contribution in [2.24, 2.45) is 4.99 Å². The van der Waals surface area contributed by atoms with Crippen LogP contribution in [0.3, 0.4) is 0 Å². The first-order valence-corrected chi connectivity index (χ1v) is 9.07. The molecule has 0 fully saturated rings. The van der Waals surface area contributed by atoms with Crippen molar-refractivity contribution in [1.82, 2.24) is 10.3 Å². The molecule has 0 aliphatic carbocycles. The van der Waals surface area contributed by atoms with Crippen molar-refractivity contribution in [3.8, 4) is 17.2 Å². The number of nitrogens with zero attached hydrogens (tertiary/aromatic N) is 1. The van der Waals surface area contributed by atoms with Crippen LogP contribution in [0.5, 0.6) is 17.2 Å². The molecule has 2 N–H and O–H groups in total. The summed E-state index contributed by atoms with van der Waals surface area (Å²) in [6.45, 7) is 0. The van der Waals surface area contributed by atoms with Gasteiger partial charge < -0.3 is 19.2 Å². The van der Waals surface area contributed by atoms with Crippen LogP contribution in [0, 0.1) is 0 Å². The molecular weight excluding hydrogens is 386 g/mol. The summed E-state index contributed by atoms with van der Waals surface area (Å²) in [5.41, 5.74) is 2.32. The van der Waals surface area contributed by atoms with Crippen molar-refractivity contribution in [3.63, 3.8) is 0 Å². The predicted molar refractivity (Wildman–Crippen MR) is 112 cm³/mol. The Balaban J connectivity index is 1.80. The molecule has 4 rings (SSSR count). The predicted octanol–water partition coefficient (Wildman–Crippen LogP) is 2.68. The fourth-order valence-corrected chi connectivity index (χ4v) is 3.32. The average Bonchev–Trinajstić information content (AvgIpc) is 3.30. The highest BCUT2D eigenvalue weighted by Gasteiger charge is 2.32. The van der Waals surface area contributed by atoms with Crippen LogP contribution in [0.2, 0.25) is 0 Å². The van der Waals surface area contributed by atoms with Crippen molar-refractivity contribution >= 4 is 34.5 Å². The first-order chi connectivity index (χ1) is 14.5. The number of carbonyl (C=O) groups excluding carboxylic acids is 2. The highest BCUT2D eigenvalue weighted by molar-refractivity contribution is 6.37. The molecule has 8 nitrogen and oxygen atoms in total. The van der Waals surface area contributed by atoms with E-state index in [4.69, 9.17) is 14.2 Å². The Labute approximate surface area is 172 Å². The van der Waals surface area contributed by atoms with Crippen molar-refractivity contribution in [2.45, 2.75) is 0 Å². The van der Waals surface area contributed by atoms with Gasteiger partial charge in [0, 0.05) is 28.9 Å². The molecule has 2 aromatic carbocycles. The number of imide groups is 1. The lowest BCUT2D eigenvalue weighted by atomic mass is 10.0. The second-order valence-electron chi connectivity index (χ2n) is 6.49. The van der Waals surface area contributed by atoms with E-state index >= 15 is 0 Å². The van der Waals surface area contributed by atoms with E-state index in [9.17, 15) is 9.59 Å². The standard InChI is InChI=1S/C22H19N3O5/c1-28-13-5-6-16-14(9-13)15(11-23-16)19-20(22(27)25-21(19)26)24-10-12-4-7-17(29-2)18(8-12)30-3/h4-11,23H,1-3H3,(H,25,26,27). The molecule has 30 heavy (non-hydrogen) atoms. The van der Waals surface area contributed by atoms with E-state index in [2.05, 4.69) is 15.3 Å². The van der Waals surface area contributed by atoms with Crippen molar-refractivity contribution < 1.29 is 23.8 Å². The number of carbonyl (C=O) groups is 2. The zero-order chi connectivity index (χ0) is 21.3. The Morgan fingerprint density at radius 1 is 0.900 bits per heavy atom. The highest BCUT2D eigenvalue weighted by Crippen LogP contribution is 2.33. The fraction of sp³-hybridized carbons (Fsp3) is 0.136. The minimum Gasteiger partial charge on any atom is -0.497 e. The minimum atomic E-state index is -0.552. The first-order valence-electron chi connectivity index (χ1n) is 9.07. The average molecular weight is 405 g/mol. The van der Waals surface area contributed by atoms with E-state index in [1.54, 1.807) is 44.7 Å². The maximum absolute atomic E-state index is 12.5. The SMILES string of the molecule is COc1ccc2[nH]cc(C3=C(N=Cc4ccc(OC)c(OC)c4)C(=O)NC3=O)c2c1. The van der Waals surface area contributed by atoms with Gasteiger partial charge in [-0.15, -0.1) is 0 Å². The van der Waals surface area contributed by atoms with Crippen molar-refractivity contribution in [1.29, 1.82) is 0 Å². The molecule has 1 aromatic heterocycles. The molecule has 2 amide bonds. The quantitative estimate of drug-likeness (QED) is 0.485. The molecular formula is C22H19N3O5. The number of hydrogen-bond acceptors (Lipinski definition) is 6. The summed E-state index contributed by atoms with van der Waals surface area (Å²) < 4.78 is 15.8. The fourth-order valence-electron chi connectivity index (χ4n) is 3.32. The number of amides is 2. The first kappa shape index (κ1) is 19.3. The molecule has 152 valence electrons. The number of aromatic amines is 1. The monoisotopic (exact) mass is 405 g/mol. The lowest BCUT2D eigenvalue weighted by Crippen LogP contribution is -2.22. The second kappa shape index (κ2) is 7.75. The number of hydrogen-bond donors (Lipinski definition) is 2. The van der Waals surface area contributed by atoms with Gasteiger partial charge in [0.2, 0.25) is 0 Å². The van der Waals surface area contributed by atoms with Gasteiger partial charge in [-0.25, -0.2) is 4.99 Å². The minimum absolute atomic E-state index is 0.0403. The number of rotatable bonds is 6. The number of ether oxygens (including phenoxy) is 3. The third kappa shape index (κ3) is 3.28. The van der Waals surface area contributed by atoms with Gasteiger partial charge in [-0.1, -0.05) is 0 Å². The van der Waals surface area contributed by atoms with Crippen LogP contribution in [0.1, 0.15) is 11.1 Å². The van der Waals surface area contributed by atoms with Gasteiger partial charge in [0.1, 0.15) is 11.4 Å². The molecule has 0 saturated carbocycles. The maximum atomic E-state index is 12.5. The lowest BCUT2D eigenvalue weighted by Gasteiger charge is -2.07. The molecule has 0 atom stereocenters. The summed E-state index contributed by atoms with van der Waals surface area (Å²) in [5.74, 6) is 0.707. The van der Waals surface area contributed by atoms with Crippen LogP contribution in [0.25, 0.3) is 16.5 Å². The third-order valence-electron chi connectivity index (χ3n) is 4.81. The van der Waals surface area contributed by atoms with Crippen LogP contribution >= 0.6 is 0 Å². The third-order valence-corrected chi connectivity index (χ3v) is 4.81. The smallest absolute Gasteiger partial charge is 0.277 e.